The van der Waals surface area contributed by atoms with E-state index in [0.717, 1.165) is 10.5 Å². The highest BCUT2D eigenvalue weighted by atomic mass is 32.2. The molecule has 1 N–H and O–H groups in total. The van der Waals surface area contributed by atoms with Gasteiger partial charge in [0.2, 0.25) is 0 Å². The lowest BCUT2D eigenvalue weighted by Gasteiger charge is -2.13. The number of benzene rings is 3. The first kappa shape index (κ1) is 21.9. The van der Waals surface area contributed by atoms with Crippen LogP contribution in [0.2, 0.25) is 0 Å². The van der Waals surface area contributed by atoms with E-state index in [0.29, 0.717) is 23.4 Å². The van der Waals surface area contributed by atoms with E-state index >= 15 is 0 Å². The number of nitrogens with zero attached hydrogens (tertiary/aromatic N) is 2. The Kier molecular flexibility index (Phi) is 7.62. The lowest BCUT2D eigenvalue weighted by atomic mass is 10.0. The molecule has 0 aromatic heterocycles. The van der Waals surface area contributed by atoms with Crippen LogP contribution in [0.1, 0.15) is 11.1 Å². The number of nitrogens with one attached hydrogen (secondary N) is 1. The standard InChI is InChI=1S/C23H19N3O4S/c24-12-13-31-22-9-5-4-8-20(22)25-23(27)16-30-21-11-10-19(26(28)29)15-18(21)14-17-6-2-1-3-7-17/h1-11,15H,13-14,16H2,(H,25,27). The molecule has 1 amide bonds. The molecule has 0 bridgehead atoms. The van der Waals surface area contributed by atoms with E-state index in [9.17, 15) is 14.9 Å². The lowest BCUT2D eigenvalue weighted by molar-refractivity contribution is -0.384. The van der Waals surface area contributed by atoms with Crippen molar-refractivity contribution in [3.8, 4) is 11.8 Å². The van der Waals surface area contributed by atoms with Crippen LogP contribution >= 0.6 is 11.8 Å². The number of hydrogen-bond donors (Lipinski definition) is 1. The fraction of sp³-hybridized carbons (Fsp3) is 0.130. The molecule has 0 aliphatic heterocycles. The van der Waals surface area contributed by atoms with Gasteiger partial charge in [0.1, 0.15) is 5.75 Å². The van der Waals surface area contributed by atoms with Gasteiger partial charge in [-0.25, -0.2) is 0 Å². The number of non-ortho nitro benzene ring substituents is 1. The molecular formula is C23H19N3O4S. The van der Waals surface area contributed by atoms with Gasteiger partial charge in [-0.3, -0.25) is 14.9 Å². The van der Waals surface area contributed by atoms with Gasteiger partial charge in [0, 0.05) is 29.0 Å². The van der Waals surface area contributed by atoms with Crippen molar-refractivity contribution in [3.05, 3.63) is 94.0 Å². The molecule has 7 nitrogen and oxygen atoms in total. The smallest absolute Gasteiger partial charge is 0.269 e. The molecule has 0 saturated heterocycles. The first-order valence-corrected chi connectivity index (χ1v) is 10.4. The Morgan fingerprint density at radius 1 is 1.10 bits per heavy atom. The molecule has 156 valence electrons. The number of amides is 1. The number of carbonyl (C=O) groups excluding carboxylic acids is 1. The minimum atomic E-state index is -0.458. The van der Waals surface area contributed by atoms with Gasteiger partial charge in [0.15, 0.2) is 6.61 Å². The summed E-state index contributed by atoms with van der Waals surface area (Å²) in [5.41, 5.74) is 2.16. The second-order valence-electron chi connectivity index (χ2n) is 6.49. The van der Waals surface area contributed by atoms with E-state index < -0.39 is 4.92 Å². The van der Waals surface area contributed by atoms with Crippen molar-refractivity contribution >= 4 is 29.0 Å². The summed E-state index contributed by atoms with van der Waals surface area (Å²) in [7, 11) is 0. The van der Waals surface area contributed by atoms with Gasteiger partial charge < -0.3 is 10.1 Å². The van der Waals surface area contributed by atoms with E-state index in [-0.39, 0.29) is 24.0 Å². The van der Waals surface area contributed by atoms with Crippen molar-refractivity contribution in [1.82, 2.24) is 0 Å². The van der Waals surface area contributed by atoms with Gasteiger partial charge in [-0.2, -0.15) is 5.26 Å². The molecule has 0 saturated carbocycles. The Morgan fingerprint density at radius 2 is 1.84 bits per heavy atom. The molecule has 0 unspecified atom stereocenters. The molecule has 0 radical (unpaired) electrons. The highest BCUT2D eigenvalue weighted by Gasteiger charge is 2.14. The molecule has 3 aromatic rings. The van der Waals surface area contributed by atoms with E-state index in [1.54, 1.807) is 12.1 Å². The highest BCUT2D eigenvalue weighted by molar-refractivity contribution is 7.99. The quantitative estimate of drug-likeness (QED) is 0.295. The Balaban J connectivity index is 1.71. The maximum atomic E-state index is 12.4. The number of anilines is 1. The van der Waals surface area contributed by atoms with Crippen LogP contribution in [0.5, 0.6) is 5.75 Å². The Bertz CT molecular complexity index is 1110. The van der Waals surface area contributed by atoms with Crippen molar-refractivity contribution in [1.29, 1.82) is 5.26 Å². The first-order chi connectivity index (χ1) is 15.1. The zero-order valence-corrected chi connectivity index (χ0v) is 17.3. The molecular weight excluding hydrogens is 414 g/mol. The molecule has 0 aliphatic carbocycles. The monoisotopic (exact) mass is 433 g/mol. The zero-order chi connectivity index (χ0) is 22.1. The Hall–Kier alpha value is -3.83. The first-order valence-electron chi connectivity index (χ1n) is 9.39. The summed E-state index contributed by atoms with van der Waals surface area (Å²) < 4.78 is 5.71. The number of carbonyl (C=O) groups is 1. The summed E-state index contributed by atoms with van der Waals surface area (Å²) in [6.45, 7) is -0.253. The zero-order valence-electron chi connectivity index (χ0n) is 16.5. The number of rotatable bonds is 9. The van der Waals surface area contributed by atoms with Gasteiger partial charge in [-0.15, -0.1) is 11.8 Å². The third-order valence-electron chi connectivity index (χ3n) is 4.30. The molecule has 0 heterocycles. The fourth-order valence-electron chi connectivity index (χ4n) is 2.91. The van der Waals surface area contributed by atoms with Crippen LogP contribution in [-0.4, -0.2) is 23.2 Å². The lowest BCUT2D eigenvalue weighted by Crippen LogP contribution is -2.21. The summed E-state index contributed by atoms with van der Waals surface area (Å²) in [4.78, 5) is 23.9. The number of para-hydroxylation sites is 1. The predicted octanol–water partition coefficient (Wildman–Crippen LogP) is 4.82. The predicted molar refractivity (Wildman–Crippen MR) is 119 cm³/mol. The van der Waals surface area contributed by atoms with E-state index in [2.05, 4.69) is 11.4 Å². The van der Waals surface area contributed by atoms with E-state index in [1.807, 2.05) is 42.5 Å². The van der Waals surface area contributed by atoms with Crippen molar-refractivity contribution < 1.29 is 14.5 Å². The van der Waals surface area contributed by atoms with Crippen molar-refractivity contribution in [2.45, 2.75) is 11.3 Å². The number of nitro benzene ring substituents is 1. The Labute approximate surface area is 183 Å². The molecule has 8 heteroatoms. The number of nitro groups is 1. The Morgan fingerprint density at radius 3 is 2.58 bits per heavy atom. The van der Waals surface area contributed by atoms with Crippen LogP contribution in [0, 0.1) is 21.4 Å². The number of ether oxygens (including phenoxy) is 1. The van der Waals surface area contributed by atoms with Gasteiger partial charge in [0.25, 0.3) is 11.6 Å². The average molecular weight is 433 g/mol. The maximum absolute atomic E-state index is 12.4. The van der Waals surface area contributed by atoms with Crippen LogP contribution in [0.25, 0.3) is 0 Å². The third-order valence-corrected chi connectivity index (χ3v) is 5.24. The molecule has 0 atom stereocenters. The molecule has 31 heavy (non-hydrogen) atoms. The fourth-order valence-corrected chi connectivity index (χ4v) is 3.58. The van der Waals surface area contributed by atoms with Crippen LogP contribution in [0.3, 0.4) is 0 Å². The van der Waals surface area contributed by atoms with Crippen LogP contribution in [0.15, 0.2) is 77.7 Å². The molecule has 0 fully saturated rings. The van der Waals surface area contributed by atoms with E-state index in [1.165, 1.54) is 30.0 Å². The van der Waals surface area contributed by atoms with Crippen LogP contribution < -0.4 is 10.1 Å². The topological polar surface area (TPSA) is 105 Å². The van der Waals surface area contributed by atoms with Gasteiger partial charge >= 0.3 is 0 Å². The summed E-state index contributed by atoms with van der Waals surface area (Å²) in [5.74, 6) is 0.320. The van der Waals surface area contributed by atoms with Gasteiger partial charge in [-0.05, 0) is 23.8 Å². The average Bonchev–Trinajstić information content (AvgIpc) is 2.78. The highest BCUT2D eigenvalue weighted by Crippen LogP contribution is 2.28. The molecule has 3 aromatic carbocycles. The summed E-state index contributed by atoms with van der Waals surface area (Å²) >= 11 is 1.33. The molecule has 3 rings (SSSR count). The maximum Gasteiger partial charge on any atom is 0.269 e. The van der Waals surface area contributed by atoms with Gasteiger partial charge in [0.05, 0.1) is 22.4 Å². The molecule has 0 aliphatic rings. The molecule has 0 spiro atoms. The minimum Gasteiger partial charge on any atom is -0.483 e. The number of nitriles is 1. The number of hydrogen-bond acceptors (Lipinski definition) is 6. The summed E-state index contributed by atoms with van der Waals surface area (Å²) in [6, 6.07) is 23.1. The van der Waals surface area contributed by atoms with Crippen molar-refractivity contribution in [3.63, 3.8) is 0 Å². The van der Waals surface area contributed by atoms with Crippen LogP contribution in [-0.2, 0) is 11.2 Å². The number of thioether (sulfide) groups is 1. The van der Waals surface area contributed by atoms with Gasteiger partial charge in [-0.1, -0.05) is 42.5 Å². The van der Waals surface area contributed by atoms with Crippen LogP contribution in [0.4, 0.5) is 11.4 Å². The summed E-state index contributed by atoms with van der Waals surface area (Å²) in [6.07, 6.45) is 0.438. The SMILES string of the molecule is N#CCSc1ccccc1NC(=O)COc1ccc([N+](=O)[O-])cc1Cc1ccccc1. The summed E-state index contributed by atoms with van der Waals surface area (Å²) in [5, 5.41) is 22.7. The van der Waals surface area contributed by atoms with E-state index in [4.69, 9.17) is 10.00 Å². The second-order valence-corrected chi connectivity index (χ2v) is 7.51. The largest absolute Gasteiger partial charge is 0.483 e. The second kappa shape index (κ2) is 10.8. The van der Waals surface area contributed by atoms with Crippen molar-refractivity contribution in [2.75, 3.05) is 17.7 Å². The minimum absolute atomic E-state index is 0.0359. The van der Waals surface area contributed by atoms with Crippen molar-refractivity contribution in [2.24, 2.45) is 0 Å². The normalized spacial score (nSPS) is 10.2. The third kappa shape index (κ3) is 6.32.